The number of hydrogen-bond acceptors (Lipinski definition) is 6. The quantitative estimate of drug-likeness (QED) is 0.675. The summed E-state index contributed by atoms with van der Waals surface area (Å²) < 4.78 is 6.16. The van der Waals surface area contributed by atoms with Gasteiger partial charge in [0.2, 0.25) is 0 Å². The second-order valence-electron chi connectivity index (χ2n) is 7.07. The first-order valence-electron chi connectivity index (χ1n) is 9.14. The third kappa shape index (κ3) is 2.93. The van der Waals surface area contributed by atoms with E-state index in [0.29, 0.717) is 22.6 Å². The summed E-state index contributed by atoms with van der Waals surface area (Å²) in [5.41, 5.74) is 8.00. The van der Waals surface area contributed by atoms with Crippen molar-refractivity contribution >= 4 is 22.7 Å². The summed E-state index contributed by atoms with van der Waals surface area (Å²) in [4.78, 5) is 30.2. The lowest BCUT2D eigenvalue weighted by Crippen LogP contribution is -2.28. The van der Waals surface area contributed by atoms with E-state index in [0.717, 1.165) is 24.1 Å². The summed E-state index contributed by atoms with van der Waals surface area (Å²) in [5.74, 6) is -0.392. The Morgan fingerprint density at radius 3 is 2.50 bits per heavy atom. The van der Waals surface area contributed by atoms with E-state index in [4.69, 9.17) is 15.5 Å². The highest BCUT2D eigenvalue weighted by molar-refractivity contribution is 6.03. The molecule has 0 radical (unpaired) electrons. The third-order valence-electron chi connectivity index (χ3n) is 5.10. The van der Waals surface area contributed by atoms with E-state index in [1.807, 2.05) is 6.07 Å². The van der Waals surface area contributed by atoms with E-state index in [2.05, 4.69) is 0 Å². The fourth-order valence-corrected chi connectivity index (χ4v) is 3.35. The number of aliphatic hydroxyl groups excluding tert-OH is 1. The molecule has 1 unspecified atom stereocenters. The maximum atomic E-state index is 13.2. The van der Waals surface area contributed by atoms with Crippen LogP contribution in [0.25, 0.3) is 16.7 Å². The minimum absolute atomic E-state index is 0.0681. The van der Waals surface area contributed by atoms with Crippen molar-refractivity contribution in [3.63, 3.8) is 0 Å². The Morgan fingerprint density at radius 1 is 1.25 bits per heavy atom. The van der Waals surface area contributed by atoms with Crippen molar-refractivity contribution in [3.05, 3.63) is 63.6 Å². The molecule has 4 rings (SSSR count). The van der Waals surface area contributed by atoms with Gasteiger partial charge >= 0.3 is 5.97 Å². The predicted octanol–water partition coefficient (Wildman–Crippen LogP) is 2.69. The van der Waals surface area contributed by atoms with Crippen LogP contribution in [-0.4, -0.2) is 27.7 Å². The zero-order valence-corrected chi connectivity index (χ0v) is 15.7. The van der Waals surface area contributed by atoms with Crippen molar-refractivity contribution in [1.29, 1.82) is 0 Å². The number of carbonyl (C=O) groups excluding carboxylic acids is 1. The molecule has 3 N–H and O–H groups in total. The average Bonchev–Trinajstić information content (AvgIpc) is 3.53. The van der Waals surface area contributed by atoms with Crippen molar-refractivity contribution < 1.29 is 14.6 Å². The molecule has 2 heterocycles. The molecule has 0 bridgehead atoms. The van der Waals surface area contributed by atoms with Gasteiger partial charge in [-0.2, -0.15) is 0 Å². The molecular weight excluding hydrogens is 358 g/mol. The van der Waals surface area contributed by atoms with Crippen LogP contribution in [0.3, 0.4) is 0 Å². The number of methoxy groups -OCH3 is 1. The van der Waals surface area contributed by atoms with Crippen molar-refractivity contribution in [1.82, 2.24) is 9.55 Å². The molecule has 0 amide bonds. The Morgan fingerprint density at radius 2 is 1.93 bits per heavy atom. The van der Waals surface area contributed by atoms with Crippen molar-refractivity contribution in [2.75, 3.05) is 12.8 Å². The number of aliphatic hydroxyl groups is 1. The topological polar surface area (TPSA) is 107 Å². The number of esters is 1. The smallest absolute Gasteiger partial charge is 0.345 e. The second kappa shape index (κ2) is 6.76. The SMILES string of the molecule is COC(=O)c1c(N)c2ccc(C3CC3)nc2n(-c2ccc(C(C)O)cc2)c1=O. The number of nitrogens with zero attached hydrogens (tertiary/aromatic N) is 2. The fraction of sp³-hybridized carbons (Fsp3) is 0.286. The number of benzene rings is 1. The largest absolute Gasteiger partial charge is 0.465 e. The van der Waals surface area contributed by atoms with Gasteiger partial charge in [-0.1, -0.05) is 12.1 Å². The van der Waals surface area contributed by atoms with Crippen LogP contribution in [0.15, 0.2) is 41.2 Å². The summed E-state index contributed by atoms with van der Waals surface area (Å²) >= 11 is 0. The van der Waals surface area contributed by atoms with Gasteiger partial charge in [-0.3, -0.25) is 9.36 Å². The molecule has 1 saturated carbocycles. The lowest BCUT2D eigenvalue weighted by Gasteiger charge is -2.16. The molecule has 7 nitrogen and oxygen atoms in total. The van der Waals surface area contributed by atoms with Crippen LogP contribution in [0.4, 0.5) is 5.69 Å². The first-order chi connectivity index (χ1) is 13.4. The summed E-state index contributed by atoms with van der Waals surface area (Å²) in [6.45, 7) is 1.67. The Kier molecular flexibility index (Phi) is 4.39. The third-order valence-corrected chi connectivity index (χ3v) is 5.10. The number of rotatable bonds is 4. The molecule has 1 fully saturated rings. The first-order valence-corrected chi connectivity index (χ1v) is 9.14. The molecule has 0 aliphatic heterocycles. The molecule has 2 aromatic heterocycles. The number of hydrogen-bond donors (Lipinski definition) is 2. The monoisotopic (exact) mass is 379 g/mol. The van der Waals surface area contributed by atoms with Gasteiger partial charge in [-0.15, -0.1) is 0 Å². The van der Waals surface area contributed by atoms with E-state index in [9.17, 15) is 14.7 Å². The predicted molar refractivity (Wildman–Crippen MR) is 106 cm³/mol. The molecule has 1 aliphatic carbocycles. The van der Waals surface area contributed by atoms with Crippen LogP contribution >= 0.6 is 0 Å². The highest BCUT2D eigenvalue weighted by Crippen LogP contribution is 2.40. The van der Waals surface area contributed by atoms with Gasteiger partial charge in [-0.25, -0.2) is 9.78 Å². The molecule has 1 atom stereocenters. The number of aromatic nitrogens is 2. The van der Waals surface area contributed by atoms with E-state index in [-0.39, 0.29) is 11.3 Å². The van der Waals surface area contributed by atoms with Gasteiger partial charge in [0.1, 0.15) is 11.2 Å². The maximum absolute atomic E-state index is 13.2. The van der Waals surface area contributed by atoms with Crippen LogP contribution in [0.1, 0.15) is 53.4 Å². The lowest BCUT2D eigenvalue weighted by molar-refractivity contribution is 0.0600. The Bertz CT molecular complexity index is 1130. The van der Waals surface area contributed by atoms with Gasteiger partial charge in [-0.05, 0) is 49.6 Å². The number of nitrogens with two attached hydrogens (primary N) is 1. The molecule has 28 heavy (non-hydrogen) atoms. The number of ether oxygens (including phenoxy) is 1. The summed E-state index contributed by atoms with van der Waals surface area (Å²) in [6.07, 6.45) is 1.52. The van der Waals surface area contributed by atoms with E-state index in [1.165, 1.54) is 11.7 Å². The van der Waals surface area contributed by atoms with Crippen LogP contribution in [0.5, 0.6) is 0 Å². The van der Waals surface area contributed by atoms with Crippen LogP contribution < -0.4 is 11.3 Å². The molecule has 7 heteroatoms. The van der Waals surface area contributed by atoms with Crippen LogP contribution in [0.2, 0.25) is 0 Å². The molecule has 1 aliphatic rings. The number of nitrogen functional groups attached to an aromatic ring is 1. The summed E-state index contributed by atoms with van der Waals surface area (Å²) in [7, 11) is 1.21. The van der Waals surface area contributed by atoms with Crippen LogP contribution in [0, 0.1) is 0 Å². The van der Waals surface area contributed by atoms with Gasteiger partial charge < -0.3 is 15.6 Å². The Hall–Kier alpha value is -3.19. The first kappa shape index (κ1) is 18.2. The second-order valence-corrected chi connectivity index (χ2v) is 7.07. The molecule has 3 aromatic rings. The van der Waals surface area contributed by atoms with E-state index < -0.39 is 17.6 Å². The fourth-order valence-electron chi connectivity index (χ4n) is 3.35. The number of pyridine rings is 2. The number of anilines is 1. The van der Waals surface area contributed by atoms with Crippen LogP contribution in [-0.2, 0) is 4.74 Å². The molecule has 1 aromatic carbocycles. The molecule has 0 spiro atoms. The van der Waals surface area contributed by atoms with E-state index in [1.54, 1.807) is 37.3 Å². The Labute approximate surface area is 161 Å². The van der Waals surface area contributed by atoms with E-state index >= 15 is 0 Å². The van der Waals surface area contributed by atoms with Gasteiger partial charge in [0.05, 0.1) is 24.6 Å². The minimum Gasteiger partial charge on any atom is -0.465 e. The van der Waals surface area contributed by atoms with Crippen molar-refractivity contribution in [3.8, 4) is 5.69 Å². The number of carbonyl (C=O) groups is 1. The lowest BCUT2D eigenvalue weighted by atomic mass is 10.1. The van der Waals surface area contributed by atoms with Gasteiger partial charge in [0.15, 0.2) is 0 Å². The summed E-state index contributed by atoms with van der Waals surface area (Å²) in [5, 5.41) is 10.3. The van der Waals surface area contributed by atoms with Crippen molar-refractivity contribution in [2.24, 2.45) is 0 Å². The zero-order valence-electron chi connectivity index (χ0n) is 15.7. The Balaban J connectivity index is 2.04. The van der Waals surface area contributed by atoms with Gasteiger partial charge in [0.25, 0.3) is 5.56 Å². The highest BCUT2D eigenvalue weighted by atomic mass is 16.5. The maximum Gasteiger partial charge on any atom is 0.345 e. The molecule has 0 saturated heterocycles. The standard InChI is InChI=1S/C21H21N3O4/c1-11(25)12-5-7-14(8-6-12)24-19-15(9-10-16(23-19)13-3-4-13)18(22)17(20(24)26)21(27)28-2/h5-11,13,25H,3-4,22H2,1-2H3. The number of fused-ring (bicyclic) bond motifs is 1. The minimum atomic E-state index is -0.787. The zero-order chi connectivity index (χ0) is 20.0. The summed E-state index contributed by atoms with van der Waals surface area (Å²) in [6, 6.07) is 10.6. The highest BCUT2D eigenvalue weighted by Gasteiger charge is 2.27. The molecule has 144 valence electrons. The average molecular weight is 379 g/mol. The van der Waals surface area contributed by atoms with Crippen molar-refractivity contribution in [2.45, 2.75) is 31.8 Å². The molecular formula is C21H21N3O4. The normalized spacial score (nSPS) is 14.8. The van der Waals surface area contributed by atoms with Gasteiger partial charge in [0, 0.05) is 17.0 Å².